The van der Waals surface area contributed by atoms with Gasteiger partial charge in [-0.3, -0.25) is 4.79 Å². The van der Waals surface area contributed by atoms with Gasteiger partial charge in [-0.05, 0) is 60.5 Å². The minimum absolute atomic E-state index is 0.0527. The van der Waals surface area contributed by atoms with Crippen molar-refractivity contribution in [3.05, 3.63) is 57.6 Å². The lowest BCUT2D eigenvalue weighted by molar-refractivity contribution is 0.00667. The molecule has 0 fully saturated rings. The smallest absolute Gasteiger partial charge is 0.339 e. The summed E-state index contributed by atoms with van der Waals surface area (Å²) in [4.78, 5) is 25.1. The van der Waals surface area contributed by atoms with Gasteiger partial charge in [0.2, 0.25) is 0 Å². The van der Waals surface area contributed by atoms with Crippen LogP contribution in [0.1, 0.15) is 47.1 Å². The molecule has 9 heteroatoms. The number of hydrogen-bond acceptors (Lipinski definition) is 6. The number of rotatable bonds is 6. The highest BCUT2D eigenvalue weighted by atomic mass is 79.9. The number of primary amides is 1. The third kappa shape index (κ3) is 5.36. The second kappa shape index (κ2) is 8.54. The molecule has 2 aromatic rings. The molecule has 0 spiro atoms. The van der Waals surface area contributed by atoms with Crippen LogP contribution in [0.4, 0.5) is 0 Å². The fourth-order valence-electron chi connectivity index (χ4n) is 2.66. The van der Waals surface area contributed by atoms with Crippen LogP contribution in [0.5, 0.6) is 5.75 Å². The van der Waals surface area contributed by atoms with Gasteiger partial charge >= 0.3 is 5.97 Å². The molecule has 0 aromatic heterocycles. The normalized spacial score (nSPS) is 11.8. The third-order valence-electron chi connectivity index (χ3n) is 3.83. The van der Waals surface area contributed by atoms with Gasteiger partial charge in [0.1, 0.15) is 11.4 Å². The Balaban J connectivity index is 2.74. The van der Waals surface area contributed by atoms with Crippen molar-refractivity contribution < 1.29 is 27.5 Å². The van der Waals surface area contributed by atoms with Crippen LogP contribution in [0.2, 0.25) is 0 Å². The molecule has 2 N–H and O–H groups in total. The van der Waals surface area contributed by atoms with E-state index in [1.165, 1.54) is 25.3 Å². The van der Waals surface area contributed by atoms with Crippen molar-refractivity contribution in [3.63, 3.8) is 0 Å². The summed E-state index contributed by atoms with van der Waals surface area (Å²) in [5.74, 6) is -2.15. The van der Waals surface area contributed by atoms with Gasteiger partial charge in [0.25, 0.3) is 5.91 Å². The van der Waals surface area contributed by atoms with E-state index in [9.17, 15) is 18.0 Å². The van der Waals surface area contributed by atoms with Gasteiger partial charge in [0, 0.05) is 0 Å². The number of carbonyl (C=O) groups excluding carboxylic acids is 2. The molecule has 0 aliphatic rings. The summed E-state index contributed by atoms with van der Waals surface area (Å²) in [7, 11) is -2.47. The molecule has 0 radical (unpaired) electrons. The molecule has 0 bridgehead atoms. The highest BCUT2D eigenvalue weighted by molar-refractivity contribution is 9.10. The Labute approximate surface area is 178 Å². The van der Waals surface area contributed by atoms with Crippen LogP contribution < -0.4 is 10.5 Å². The molecule has 0 saturated heterocycles. The van der Waals surface area contributed by atoms with Gasteiger partial charge in [-0.25, -0.2) is 13.2 Å². The number of amides is 1. The third-order valence-corrected chi connectivity index (χ3v) is 6.30. The second-order valence-electron chi connectivity index (χ2n) is 7.24. The van der Waals surface area contributed by atoms with E-state index in [2.05, 4.69) is 15.9 Å². The number of nitrogens with two attached hydrogens (primary N) is 1. The minimum atomic E-state index is -3.82. The average Bonchev–Trinajstić information content (AvgIpc) is 2.61. The molecule has 0 aliphatic carbocycles. The molecule has 1 amide bonds. The van der Waals surface area contributed by atoms with Gasteiger partial charge in [-0.2, -0.15) is 0 Å². The van der Waals surface area contributed by atoms with Crippen LogP contribution in [0.25, 0.3) is 0 Å². The summed E-state index contributed by atoms with van der Waals surface area (Å²) in [5.41, 5.74) is 4.28. The first-order valence-corrected chi connectivity index (χ1v) is 11.0. The van der Waals surface area contributed by atoms with Crippen LogP contribution in [-0.4, -0.2) is 33.0 Å². The molecule has 0 aliphatic heterocycles. The number of benzene rings is 2. The van der Waals surface area contributed by atoms with Gasteiger partial charge in [-0.15, -0.1) is 0 Å². The number of sulfone groups is 1. The fraction of sp³-hybridized carbons (Fsp3) is 0.300. The van der Waals surface area contributed by atoms with E-state index < -0.39 is 33.1 Å². The van der Waals surface area contributed by atoms with Crippen LogP contribution in [0.3, 0.4) is 0 Å². The maximum atomic E-state index is 12.9. The zero-order valence-electron chi connectivity index (χ0n) is 16.5. The van der Waals surface area contributed by atoms with Crippen molar-refractivity contribution in [2.45, 2.75) is 37.0 Å². The molecule has 0 saturated carbocycles. The first-order chi connectivity index (χ1) is 13.4. The number of ether oxygens (including phenoxy) is 2. The second-order valence-corrected chi connectivity index (χ2v) is 10.0. The number of hydrogen-bond donors (Lipinski definition) is 1. The van der Waals surface area contributed by atoms with E-state index in [4.69, 9.17) is 15.2 Å². The van der Waals surface area contributed by atoms with Crippen molar-refractivity contribution >= 4 is 37.6 Å². The lowest BCUT2D eigenvalue weighted by Gasteiger charge is -2.22. The fourth-order valence-corrected chi connectivity index (χ4v) is 4.70. The van der Waals surface area contributed by atoms with Crippen molar-refractivity contribution in [1.82, 2.24) is 0 Å². The Morgan fingerprint density at radius 3 is 2.17 bits per heavy atom. The molecule has 0 unspecified atom stereocenters. The number of methoxy groups -OCH3 is 1. The quantitative estimate of drug-likeness (QED) is 0.629. The SMILES string of the molecule is COc1cc(CS(=O)(=O)c2ccccc2)c(C(=O)OC(C)(C)C)c(C(N)=O)c1Br. The van der Waals surface area contributed by atoms with Crippen molar-refractivity contribution in [1.29, 1.82) is 0 Å². The van der Waals surface area contributed by atoms with Crippen molar-refractivity contribution in [3.8, 4) is 5.75 Å². The summed E-state index contributed by atoms with van der Waals surface area (Å²) in [6.07, 6.45) is 0. The lowest BCUT2D eigenvalue weighted by Crippen LogP contribution is -2.28. The first-order valence-electron chi connectivity index (χ1n) is 8.57. The summed E-state index contributed by atoms with van der Waals surface area (Å²) in [6, 6.07) is 9.17. The van der Waals surface area contributed by atoms with Gasteiger partial charge in [-0.1, -0.05) is 18.2 Å². The zero-order chi connectivity index (χ0) is 22.0. The molecule has 29 heavy (non-hydrogen) atoms. The predicted molar refractivity (Wildman–Crippen MR) is 112 cm³/mol. The predicted octanol–water partition coefficient (Wildman–Crippen LogP) is 3.49. The van der Waals surface area contributed by atoms with Crippen molar-refractivity contribution in [2.24, 2.45) is 5.73 Å². The summed E-state index contributed by atoms with van der Waals surface area (Å²) in [6.45, 7) is 4.98. The van der Waals surface area contributed by atoms with Gasteiger partial charge in [0.05, 0.1) is 33.4 Å². The number of esters is 1. The Morgan fingerprint density at radius 1 is 1.10 bits per heavy atom. The maximum absolute atomic E-state index is 12.9. The highest BCUT2D eigenvalue weighted by Crippen LogP contribution is 2.36. The monoisotopic (exact) mass is 483 g/mol. The van der Waals surface area contributed by atoms with Crippen LogP contribution >= 0.6 is 15.9 Å². The Bertz CT molecular complexity index is 1040. The Morgan fingerprint density at radius 2 is 1.69 bits per heavy atom. The summed E-state index contributed by atoms with van der Waals surface area (Å²) >= 11 is 3.22. The molecule has 0 heterocycles. The zero-order valence-corrected chi connectivity index (χ0v) is 18.9. The molecule has 2 aromatic carbocycles. The standard InChI is InChI=1S/C20H22BrNO6S/c1-20(2,3)28-19(24)15-12(10-14(27-4)17(21)16(15)18(22)23)11-29(25,26)13-8-6-5-7-9-13/h5-10H,11H2,1-4H3,(H2,22,23). The van der Waals surface area contributed by atoms with Crippen LogP contribution in [0.15, 0.2) is 45.8 Å². The summed E-state index contributed by atoms with van der Waals surface area (Å²) < 4.78 is 36.6. The van der Waals surface area contributed by atoms with Crippen LogP contribution in [-0.2, 0) is 20.3 Å². The molecule has 0 atom stereocenters. The first kappa shape index (κ1) is 22.9. The molecular weight excluding hydrogens is 462 g/mol. The van der Waals surface area contributed by atoms with Gasteiger partial charge in [0.15, 0.2) is 9.84 Å². The van der Waals surface area contributed by atoms with E-state index in [1.807, 2.05) is 0 Å². The lowest BCUT2D eigenvalue weighted by atomic mass is 10.00. The Hall–Kier alpha value is -2.39. The van der Waals surface area contributed by atoms with Gasteiger partial charge < -0.3 is 15.2 Å². The topological polar surface area (TPSA) is 113 Å². The van der Waals surface area contributed by atoms with E-state index >= 15 is 0 Å². The van der Waals surface area contributed by atoms with E-state index in [-0.39, 0.29) is 31.8 Å². The molecule has 156 valence electrons. The van der Waals surface area contributed by atoms with Crippen LogP contribution in [0, 0.1) is 0 Å². The van der Waals surface area contributed by atoms with E-state index in [0.717, 1.165) is 0 Å². The minimum Gasteiger partial charge on any atom is -0.496 e. The summed E-state index contributed by atoms with van der Waals surface area (Å²) in [5, 5.41) is 0. The maximum Gasteiger partial charge on any atom is 0.339 e. The van der Waals surface area contributed by atoms with Crippen molar-refractivity contribution in [2.75, 3.05) is 7.11 Å². The van der Waals surface area contributed by atoms with E-state index in [0.29, 0.717) is 0 Å². The highest BCUT2D eigenvalue weighted by Gasteiger charge is 2.31. The average molecular weight is 484 g/mol. The van der Waals surface area contributed by atoms with E-state index in [1.54, 1.807) is 39.0 Å². The number of carbonyl (C=O) groups is 2. The largest absolute Gasteiger partial charge is 0.496 e. The molecule has 2 rings (SSSR count). The molecular formula is C20H22BrNO6S. The molecule has 7 nitrogen and oxygen atoms in total. The number of halogens is 1. The Kier molecular flexibility index (Phi) is 6.74.